The molecule has 22 heavy (non-hydrogen) atoms. The molecule has 1 unspecified atom stereocenters. The third kappa shape index (κ3) is 5.81. The summed E-state index contributed by atoms with van der Waals surface area (Å²) in [6, 6.07) is 4.22. The summed E-state index contributed by atoms with van der Waals surface area (Å²) in [5.74, 6) is -2.09. The molecule has 0 aromatic heterocycles. The number of anilines is 1. The normalized spacial score (nSPS) is 12.6. The molecule has 3 N–H and O–H groups in total. The first-order valence-electron chi connectivity index (χ1n) is 7.14. The molecule has 0 fully saturated rings. The van der Waals surface area contributed by atoms with Gasteiger partial charge in [0.1, 0.15) is 5.82 Å². The van der Waals surface area contributed by atoms with Crippen molar-refractivity contribution in [2.45, 2.75) is 40.2 Å². The van der Waals surface area contributed by atoms with Crippen LogP contribution in [0.15, 0.2) is 18.2 Å². The summed E-state index contributed by atoms with van der Waals surface area (Å²) in [6.07, 6.45) is 0.00852. The molecule has 6 heteroatoms. The van der Waals surface area contributed by atoms with Gasteiger partial charge in [-0.3, -0.25) is 9.59 Å². The molecule has 2 amide bonds. The average molecular weight is 310 g/mol. The number of carbonyl (C=O) groups excluding carboxylic acids is 2. The Morgan fingerprint density at radius 2 is 1.95 bits per heavy atom. The number of benzene rings is 1. The van der Waals surface area contributed by atoms with Crippen LogP contribution < -0.4 is 10.6 Å². The summed E-state index contributed by atoms with van der Waals surface area (Å²) in [5.41, 5.74) is 0.355. The van der Waals surface area contributed by atoms with Crippen LogP contribution in [0.5, 0.6) is 0 Å². The van der Waals surface area contributed by atoms with E-state index in [2.05, 4.69) is 10.6 Å². The second-order valence-electron chi connectivity index (χ2n) is 6.32. The van der Waals surface area contributed by atoms with E-state index in [-0.39, 0.29) is 17.6 Å². The lowest BCUT2D eigenvalue weighted by Gasteiger charge is -2.26. The molecule has 0 aliphatic carbocycles. The third-order valence-corrected chi connectivity index (χ3v) is 3.21. The van der Waals surface area contributed by atoms with E-state index in [9.17, 15) is 19.1 Å². The lowest BCUT2D eigenvalue weighted by atomic mass is 9.87. The number of amides is 2. The first-order chi connectivity index (χ1) is 10.1. The Labute approximate surface area is 129 Å². The molecule has 1 atom stereocenters. The van der Waals surface area contributed by atoms with E-state index < -0.39 is 23.7 Å². The largest absolute Gasteiger partial charge is 0.393 e. The van der Waals surface area contributed by atoms with Gasteiger partial charge in [-0.05, 0) is 43.4 Å². The minimum atomic E-state index is -0.851. The number of aliphatic hydroxyl groups excluding tert-OH is 1. The molecular weight excluding hydrogens is 287 g/mol. The number of nitrogens with one attached hydrogen (secondary N) is 2. The van der Waals surface area contributed by atoms with Gasteiger partial charge in [-0.1, -0.05) is 19.9 Å². The fourth-order valence-electron chi connectivity index (χ4n) is 2.13. The Morgan fingerprint density at radius 3 is 2.50 bits per heavy atom. The van der Waals surface area contributed by atoms with Crippen molar-refractivity contribution in [3.63, 3.8) is 0 Å². The van der Waals surface area contributed by atoms with Crippen molar-refractivity contribution in [2.75, 3.05) is 11.9 Å². The number of hydrogen-bond donors (Lipinski definition) is 3. The van der Waals surface area contributed by atoms with E-state index in [4.69, 9.17) is 0 Å². The van der Waals surface area contributed by atoms with E-state index in [1.807, 2.05) is 13.8 Å². The van der Waals surface area contributed by atoms with Gasteiger partial charge in [0.25, 0.3) is 0 Å². The third-order valence-electron chi connectivity index (χ3n) is 3.21. The van der Waals surface area contributed by atoms with Gasteiger partial charge in [-0.15, -0.1) is 0 Å². The van der Waals surface area contributed by atoms with E-state index in [1.54, 1.807) is 13.8 Å². The summed E-state index contributed by atoms with van der Waals surface area (Å²) < 4.78 is 13.4. The SMILES string of the molecule is Cc1ccc(NC(=O)C(=O)NCC(C)(C)CC(C)O)cc1F. The zero-order valence-electron chi connectivity index (χ0n) is 13.4. The standard InChI is InChI=1S/C16H23FN2O3/c1-10-5-6-12(7-13(10)17)19-15(22)14(21)18-9-16(3,4)8-11(2)20/h5-7,11,20H,8-9H2,1-4H3,(H,18,21)(H,19,22). The quantitative estimate of drug-likeness (QED) is 0.728. The molecule has 5 nitrogen and oxygen atoms in total. The van der Waals surface area contributed by atoms with Crippen LogP contribution in [0, 0.1) is 18.2 Å². The first-order valence-corrected chi connectivity index (χ1v) is 7.14. The van der Waals surface area contributed by atoms with Crippen molar-refractivity contribution < 1.29 is 19.1 Å². The van der Waals surface area contributed by atoms with Gasteiger partial charge < -0.3 is 15.7 Å². The van der Waals surface area contributed by atoms with E-state index in [1.165, 1.54) is 12.1 Å². The summed E-state index contributed by atoms with van der Waals surface area (Å²) >= 11 is 0. The Hall–Kier alpha value is -1.95. The Balaban J connectivity index is 2.55. The number of carbonyl (C=O) groups is 2. The van der Waals surface area contributed by atoms with Gasteiger partial charge >= 0.3 is 11.8 Å². The highest BCUT2D eigenvalue weighted by Gasteiger charge is 2.23. The maximum absolute atomic E-state index is 13.4. The molecule has 0 bridgehead atoms. The number of aliphatic hydroxyl groups is 1. The second-order valence-corrected chi connectivity index (χ2v) is 6.32. The fourth-order valence-corrected chi connectivity index (χ4v) is 2.13. The molecule has 1 aromatic rings. The molecule has 0 aliphatic heterocycles. The summed E-state index contributed by atoms with van der Waals surface area (Å²) in [6.45, 7) is 7.30. The lowest BCUT2D eigenvalue weighted by molar-refractivity contribution is -0.136. The van der Waals surface area contributed by atoms with Gasteiger partial charge in [0.2, 0.25) is 0 Å². The molecule has 1 aromatic carbocycles. The molecule has 0 radical (unpaired) electrons. The van der Waals surface area contributed by atoms with Crippen molar-refractivity contribution >= 4 is 17.5 Å². The average Bonchev–Trinajstić information content (AvgIpc) is 2.39. The number of rotatable bonds is 5. The van der Waals surface area contributed by atoms with Gasteiger partial charge in [0, 0.05) is 12.2 Å². The zero-order valence-corrected chi connectivity index (χ0v) is 13.4. The van der Waals surface area contributed by atoms with Gasteiger partial charge in [0.15, 0.2) is 0 Å². The molecule has 1 rings (SSSR count). The minimum absolute atomic E-state index is 0.228. The maximum atomic E-state index is 13.4. The summed E-state index contributed by atoms with van der Waals surface area (Å²) in [7, 11) is 0. The van der Waals surface area contributed by atoms with Crippen molar-refractivity contribution in [1.82, 2.24) is 5.32 Å². The van der Waals surface area contributed by atoms with Gasteiger partial charge in [0.05, 0.1) is 6.10 Å². The monoisotopic (exact) mass is 310 g/mol. The van der Waals surface area contributed by atoms with Crippen LogP contribution in [0.3, 0.4) is 0 Å². The molecule has 0 saturated carbocycles. The molecule has 0 saturated heterocycles. The molecule has 0 aliphatic rings. The highest BCUT2D eigenvalue weighted by Crippen LogP contribution is 2.21. The number of aryl methyl sites for hydroxylation is 1. The second kappa shape index (κ2) is 7.35. The van der Waals surface area contributed by atoms with Gasteiger partial charge in [-0.2, -0.15) is 0 Å². The van der Waals surface area contributed by atoms with Crippen molar-refractivity contribution in [2.24, 2.45) is 5.41 Å². The van der Waals surface area contributed by atoms with Gasteiger partial charge in [-0.25, -0.2) is 4.39 Å². The van der Waals surface area contributed by atoms with Crippen LogP contribution in [0.4, 0.5) is 10.1 Å². The summed E-state index contributed by atoms with van der Waals surface area (Å²) in [4.78, 5) is 23.5. The maximum Gasteiger partial charge on any atom is 0.313 e. The highest BCUT2D eigenvalue weighted by molar-refractivity contribution is 6.39. The first kappa shape index (κ1) is 18.1. The molecule has 0 spiro atoms. The van der Waals surface area contributed by atoms with Crippen LogP contribution in [-0.4, -0.2) is 29.6 Å². The minimum Gasteiger partial charge on any atom is -0.393 e. The molecule has 0 heterocycles. The molecule has 122 valence electrons. The van der Waals surface area contributed by atoms with Crippen LogP contribution in [0.1, 0.15) is 32.8 Å². The van der Waals surface area contributed by atoms with Crippen molar-refractivity contribution in [3.8, 4) is 0 Å². The number of halogens is 1. The Bertz CT molecular complexity index is 556. The van der Waals surface area contributed by atoms with Crippen LogP contribution >= 0.6 is 0 Å². The molecular formula is C16H23FN2O3. The Kier molecular flexibility index (Phi) is 6.05. The highest BCUT2D eigenvalue weighted by atomic mass is 19.1. The van der Waals surface area contributed by atoms with Crippen LogP contribution in [0.25, 0.3) is 0 Å². The predicted octanol–water partition coefficient (Wildman–Crippen LogP) is 1.99. The number of hydrogen-bond acceptors (Lipinski definition) is 3. The van der Waals surface area contributed by atoms with E-state index in [0.29, 0.717) is 12.0 Å². The van der Waals surface area contributed by atoms with Crippen LogP contribution in [0.2, 0.25) is 0 Å². The zero-order chi connectivity index (χ0) is 16.9. The fraction of sp³-hybridized carbons (Fsp3) is 0.500. The Morgan fingerprint density at radius 1 is 1.32 bits per heavy atom. The predicted molar refractivity (Wildman–Crippen MR) is 82.9 cm³/mol. The van der Waals surface area contributed by atoms with E-state index in [0.717, 1.165) is 6.07 Å². The summed E-state index contributed by atoms with van der Waals surface area (Å²) in [5, 5.41) is 14.2. The van der Waals surface area contributed by atoms with Crippen molar-refractivity contribution in [1.29, 1.82) is 0 Å². The van der Waals surface area contributed by atoms with Crippen LogP contribution in [-0.2, 0) is 9.59 Å². The van der Waals surface area contributed by atoms with Crippen molar-refractivity contribution in [3.05, 3.63) is 29.6 Å². The lowest BCUT2D eigenvalue weighted by Crippen LogP contribution is -2.41. The smallest absolute Gasteiger partial charge is 0.313 e. The topological polar surface area (TPSA) is 78.4 Å². The van der Waals surface area contributed by atoms with E-state index >= 15 is 0 Å².